The lowest BCUT2D eigenvalue weighted by Crippen LogP contribution is -2.18. The zero-order chi connectivity index (χ0) is 12.5. The van der Waals surface area contributed by atoms with Crippen LogP contribution < -0.4 is 10.5 Å². The van der Waals surface area contributed by atoms with E-state index in [4.69, 9.17) is 19.9 Å². The molecule has 1 unspecified atom stereocenters. The van der Waals surface area contributed by atoms with Crippen molar-refractivity contribution in [1.82, 2.24) is 0 Å². The lowest BCUT2D eigenvalue weighted by atomic mass is 10.1. The van der Waals surface area contributed by atoms with E-state index in [1.165, 1.54) is 0 Å². The summed E-state index contributed by atoms with van der Waals surface area (Å²) in [5.74, 6) is 0.845. The topological polar surface area (TPSA) is 53.7 Å². The smallest absolute Gasteiger partial charge is 0.119 e. The molecule has 0 bridgehead atoms. The van der Waals surface area contributed by atoms with Gasteiger partial charge in [0.2, 0.25) is 0 Å². The molecule has 0 aliphatic carbocycles. The second-order valence-corrected chi connectivity index (χ2v) is 3.68. The summed E-state index contributed by atoms with van der Waals surface area (Å²) in [6, 6.07) is 7.66. The van der Waals surface area contributed by atoms with Gasteiger partial charge in [-0.25, -0.2) is 0 Å². The molecule has 0 aliphatic heterocycles. The minimum Gasteiger partial charge on any atom is -0.494 e. The molecule has 2 N–H and O–H groups in total. The highest BCUT2D eigenvalue weighted by atomic mass is 16.5. The van der Waals surface area contributed by atoms with E-state index in [1.807, 2.05) is 31.2 Å². The highest BCUT2D eigenvalue weighted by Gasteiger charge is 2.07. The van der Waals surface area contributed by atoms with Crippen LogP contribution in [-0.4, -0.2) is 33.5 Å². The standard InChI is InChI=1S/C13H21NO3/c1-3-17-12-6-4-5-11(9-12)13(14)10-16-8-7-15-2/h4-6,9,13H,3,7-8,10,14H2,1-2H3. The van der Waals surface area contributed by atoms with Crippen molar-refractivity contribution in [2.24, 2.45) is 5.73 Å². The van der Waals surface area contributed by atoms with E-state index < -0.39 is 0 Å². The number of hydrogen-bond acceptors (Lipinski definition) is 4. The van der Waals surface area contributed by atoms with Gasteiger partial charge in [-0.05, 0) is 24.6 Å². The van der Waals surface area contributed by atoms with Crippen LogP contribution >= 0.6 is 0 Å². The number of methoxy groups -OCH3 is 1. The Labute approximate surface area is 103 Å². The number of rotatable bonds is 8. The molecule has 4 heteroatoms. The Morgan fingerprint density at radius 3 is 2.82 bits per heavy atom. The molecule has 1 atom stereocenters. The van der Waals surface area contributed by atoms with Crippen molar-refractivity contribution in [3.05, 3.63) is 29.8 Å². The first-order valence-corrected chi connectivity index (χ1v) is 5.83. The maximum absolute atomic E-state index is 6.02. The number of benzene rings is 1. The normalized spacial score (nSPS) is 12.4. The van der Waals surface area contributed by atoms with E-state index in [0.717, 1.165) is 11.3 Å². The molecular formula is C13H21NO3. The number of nitrogens with two attached hydrogens (primary N) is 1. The van der Waals surface area contributed by atoms with Gasteiger partial charge < -0.3 is 19.9 Å². The van der Waals surface area contributed by atoms with Crippen LogP contribution in [0.15, 0.2) is 24.3 Å². The first-order valence-electron chi connectivity index (χ1n) is 5.83. The Morgan fingerprint density at radius 1 is 1.29 bits per heavy atom. The fourth-order valence-corrected chi connectivity index (χ4v) is 1.45. The van der Waals surface area contributed by atoms with Crippen molar-refractivity contribution in [3.8, 4) is 5.75 Å². The molecule has 0 saturated heterocycles. The molecule has 0 fully saturated rings. The van der Waals surface area contributed by atoms with Gasteiger partial charge in [0, 0.05) is 7.11 Å². The molecule has 0 saturated carbocycles. The van der Waals surface area contributed by atoms with Gasteiger partial charge in [-0.15, -0.1) is 0 Å². The molecule has 17 heavy (non-hydrogen) atoms. The molecule has 0 heterocycles. The maximum Gasteiger partial charge on any atom is 0.119 e. The summed E-state index contributed by atoms with van der Waals surface area (Å²) in [4.78, 5) is 0. The Hall–Kier alpha value is -1.10. The molecule has 4 nitrogen and oxygen atoms in total. The minimum absolute atomic E-state index is 0.132. The van der Waals surface area contributed by atoms with Gasteiger partial charge in [0.05, 0.1) is 32.5 Å². The summed E-state index contributed by atoms with van der Waals surface area (Å²) in [6.45, 7) is 4.25. The summed E-state index contributed by atoms with van der Waals surface area (Å²) >= 11 is 0. The van der Waals surface area contributed by atoms with E-state index in [1.54, 1.807) is 7.11 Å². The highest BCUT2D eigenvalue weighted by Crippen LogP contribution is 2.18. The van der Waals surface area contributed by atoms with Crippen LogP contribution in [0.1, 0.15) is 18.5 Å². The Kier molecular flexibility index (Phi) is 6.62. The van der Waals surface area contributed by atoms with E-state index in [2.05, 4.69) is 0 Å². The molecule has 0 amide bonds. The third kappa shape index (κ3) is 5.17. The second-order valence-electron chi connectivity index (χ2n) is 3.68. The predicted molar refractivity (Wildman–Crippen MR) is 67.2 cm³/mol. The van der Waals surface area contributed by atoms with Crippen LogP contribution in [-0.2, 0) is 9.47 Å². The van der Waals surface area contributed by atoms with Crippen molar-refractivity contribution in [2.45, 2.75) is 13.0 Å². The van der Waals surface area contributed by atoms with Gasteiger partial charge >= 0.3 is 0 Å². The van der Waals surface area contributed by atoms with E-state index in [9.17, 15) is 0 Å². The van der Waals surface area contributed by atoms with Gasteiger partial charge in [-0.2, -0.15) is 0 Å². The third-order valence-corrected chi connectivity index (χ3v) is 2.33. The summed E-state index contributed by atoms with van der Waals surface area (Å²) in [6.07, 6.45) is 0. The van der Waals surface area contributed by atoms with Crippen LogP contribution in [0.25, 0.3) is 0 Å². The minimum atomic E-state index is -0.132. The van der Waals surface area contributed by atoms with Gasteiger partial charge in [-0.3, -0.25) is 0 Å². The molecule has 0 spiro atoms. The fraction of sp³-hybridized carbons (Fsp3) is 0.538. The summed E-state index contributed by atoms with van der Waals surface area (Å²) < 4.78 is 15.7. The molecule has 96 valence electrons. The van der Waals surface area contributed by atoms with Crippen LogP contribution in [0.4, 0.5) is 0 Å². The van der Waals surface area contributed by atoms with Crippen molar-refractivity contribution >= 4 is 0 Å². The molecule has 0 aliphatic rings. The lowest BCUT2D eigenvalue weighted by Gasteiger charge is -2.13. The maximum atomic E-state index is 6.02. The summed E-state index contributed by atoms with van der Waals surface area (Å²) in [5.41, 5.74) is 7.04. The Morgan fingerprint density at radius 2 is 2.12 bits per heavy atom. The third-order valence-electron chi connectivity index (χ3n) is 2.33. The molecule has 1 aromatic carbocycles. The quantitative estimate of drug-likeness (QED) is 0.702. The number of ether oxygens (including phenoxy) is 3. The first kappa shape index (κ1) is 14.0. The van der Waals surface area contributed by atoms with Crippen molar-refractivity contribution in [2.75, 3.05) is 33.5 Å². The highest BCUT2D eigenvalue weighted by molar-refractivity contribution is 5.30. The number of hydrogen-bond donors (Lipinski definition) is 1. The van der Waals surface area contributed by atoms with E-state index in [-0.39, 0.29) is 6.04 Å². The van der Waals surface area contributed by atoms with Gasteiger partial charge in [-0.1, -0.05) is 12.1 Å². The largest absolute Gasteiger partial charge is 0.494 e. The van der Waals surface area contributed by atoms with Crippen LogP contribution in [0.2, 0.25) is 0 Å². The van der Waals surface area contributed by atoms with Crippen LogP contribution in [0.5, 0.6) is 5.75 Å². The molecular weight excluding hydrogens is 218 g/mol. The average Bonchev–Trinajstić information content (AvgIpc) is 2.35. The monoisotopic (exact) mass is 239 g/mol. The lowest BCUT2D eigenvalue weighted by molar-refractivity contribution is 0.0635. The fourth-order valence-electron chi connectivity index (χ4n) is 1.45. The Balaban J connectivity index is 2.44. The van der Waals surface area contributed by atoms with Crippen LogP contribution in [0, 0.1) is 0 Å². The Bertz CT molecular complexity index is 317. The van der Waals surface area contributed by atoms with Gasteiger partial charge in [0.1, 0.15) is 5.75 Å². The summed E-state index contributed by atoms with van der Waals surface area (Å²) in [5, 5.41) is 0. The second kappa shape index (κ2) is 8.06. The SMILES string of the molecule is CCOc1cccc(C(N)COCCOC)c1. The molecule has 1 rings (SSSR count). The van der Waals surface area contributed by atoms with Crippen molar-refractivity contribution in [3.63, 3.8) is 0 Å². The zero-order valence-electron chi connectivity index (χ0n) is 10.5. The first-order chi connectivity index (χ1) is 8.27. The van der Waals surface area contributed by atoms with Gasteiger partial charge in [0.25, 0.3) is 0 Å². The van der Waals surface area contributed by atoms with Crippen molar-refractivity contribution in [1.29, 1.82) is 0 Å². The molecule has 1 aromatic rings. The average molecular weight is 239 g/mol. The van der Waals surface area contributed by atoms with Crippen LogP contribution in [0.3, 0.4) is 0 Å². The summed E-state index contributed by atoms with van der Waals surface area (Å²) in [7, 11) is 1.65. The van der Waals surface area contributed by atoms with Gasteiger partial charge in [0.15, 0.2) is 0 Å². The zero-order valence-corrected chi connectivity index (χ0v) is 10.5. The van der Waals surface area contributed by atoms with E-state index in [0.29, 0.717) is 26.4 Å². The molecule has 0 aromatic heterocycles. The predicted octanol–water partition coefficient (Wildman–Crippen LogP) is 1.75. The van der Waals surface area contributed by atoms with E-state index >= 15 is 0 Å². The van der Waals surface area contributed by atoms with Crippen molar-refractivity contribution < 1.29 is 14.2 Å². The molecule has 0 radical (unpaired) electrons.